The Morgan fingerprint density at radius 1 is 1.20 bits per heavy atom. The van der Waals surface area contributed by atoms with Gasteiger partial charge in [-0.15, -0.1) is 0 Å². The van der Waals surface area contributed by atoms with Crippen LogP contribution in [0.1, 0.15) is 64.8 Å². The lowest BCUT2D eigenvalue weighted by Crippen LogP contribution is -2.41. The van der Waals surface area contributed by atoms with Crippen LogP contribution in [-0.2, 0) is 4.79 Å². The second-order valence-electron chi connectivity index (χ2n) is 9.23. The highest BCUT2D eigenvalue weighted by Crippen LogP contribution is 2.20. The Morgan fingerprint density at radius 2 is 1.93 bits per heavy atom. The molecule has 0 aliphatic carbocycles. The number of rotatable bonds is 7. The van der Waals surface area contributed by atoms with E-state index in [-0.39, 0.29) is 11.9 Å². The van der Waals surface area contributed by atoms with E-state index in [1.165, 1.54) is 6.21 Å². The molecule has 0 bridgehead atoms. The highest BCUT2D eigenvalue weighted by atomic mass is 16.1. The van der Waals surface area contributed by atoms with Gasteiger partial charge in [0.1, 0.15) is 12.0 Å². The van der Waals surface area contributed by atoms with Gasteiger partial charge in [0.15, 0.2) is 5.70 Å². The Bertz CT molecular complexity index is 1660. The third kappa shape index (κ3) is 5.96. The molecule has 210 valence electrons. The van der Waals surface area contributed by atoms with Gasteiger partial charge in [-0.2, -0.15) is 0 Å². The molecule has 1 aromatic carbocycles. The van der Waals surface area contributed by atoms with Crippen molar-refractivity contribution in [3.8, 4) is 0 Å². The quantitative estimate of drug-likeness (QED) is 0.198. The van der Waals surface area contributed by atoms with E-state index in [1.807, 2.05) is 66.7 Å². The van der Waals surface area contributed by atoms with Gasteiger partial charge >= 0.3 is 0 Å². The van der Waals surface area contributed by atoms with Crippen molar-refractivity contribution in [2.24, 2.45) is 15.7 Å². The van der Waals surface area contributed by atoms with Crippen LogP contribution in [-0.4, -0.2) is 39.7 Å². The van der Waals surface area contributed by atoms with Crippen molar-refractivity contribution < 1.29 is 4.79 Å². The smallest absolute Gasteiger partial charge is 0.269 e. The average Bonchev–Trinajstić information content (AvgIpc) is 3.32. The Balaban J connectivity index is 0.00000216. The van der Waals surface area contributed by atoms with E-state index in [9.17, 15) is 4.79 Å². The molecule has 40 heavy (non-hydrogen) atoms. The number of nitrogen functional groups attached to an aromatic ring is 1. The summed E-state index contributed by atoms with van der Waals surface area (Å²) in [5, 5.41) is 16.6. The van der Waals surface area contributed by atoms with Crippen molar-refractivity contribution in [1.29, 1.82) is 5.41 Å². The lowest BCUT2D eigenvalue weighted by Gasteiger charge is -2.23. The highest BCUT2D eigenvalue weighted by Gasteiger charge is 2.19. The van der Waals surface area contributed by atoms with E-state index in [0.29, 0.717) is 28.1 Å². The predicted molar refractivity (Wildman–Crippen MR) is 167 cm³/mol. The number of nitrogens with zero attached hydrogens (tertiary/aromatic N) is 3. The molecule has 0 saturated heterocycles. The maximum absolute atomic E-state index is 12.8. The number of amides is 1. The molecule has 0 saturated carbocycles. The normalized spacial score (nSPS) is 16.3. The topological polar surface area (TPSA) is 170 Å². The van der Waals surface area contributed by atoms with Crippen LogP contribution in [0.5, 0.6) is 0 Å². The van der Waals surface area contributed by atoms with Crippen LogP contribution < -0.4 is 32.7 Å². The number of pyridine rings is 1. The van der Waals surface area contributed by atoms with Gasteiger partial charge in [0.05, 0.1) is 11.1 Å². The summed E-state index contributed by atoms with van der Waals surface area (Å²) in [5.41, 5.74) is 18.0. The van der Waals surface area contributed by atoms with Gasteiger partial charge in [-0.3, -0.25) is 9.79 Å². The van der Waals surface area contributed by atoms with E-state index in [0.717, 1.165) is 45.1 Å². The fourth-order valence-electron chi connectivity index (χ4n) is 4.46. The molecule has 3 heterocycles. The molecule has 1 aliphatic heterocycles. The molecule has 0 fully saturated rings. The molecule has 1 unspecified atom stereocenters. The lowest BCUT2D eigenvalue weighted by molar-refractivity contribution is -0.113. The molecular weight excluding hydrogens is 502 g/mol. The molecule has 1 atom stereocenters. The Kier molecular flexibility index (Phi) is 9.60. The van der Waals surface area contributed by atoms with Crippen LogP contribution in [0.3, 0.4) is 0 Å². The summed E-state index contributed by atoms with van der Waals surface area (Å²) < 4.78 is 0. The average molecular weight is 542 g/mol. The number of aryl methyl sites for hydroxylation is 1. The first kappa shape index (κ1) is 29.8. The molecule has 10 heteroatoms. The molecule has 4 rings (SSSR count). The molecule has 8 N–H and O–H groups in total. The Morgan fingerprint density at radius 3 is 2.55 bits per heavy atom. The van der Waals surface area contributed by atoms with Gasteiger partial charge in [-0.25, -0.2) is 9.98 Å². The van der Waals surface area contributed by atoms with Crippen LogP contribution in [0.25, 0.3) is 22.2 Å². The number of nitrogens with two attached hydrogens (primary N) is 2. The maximum atomic E-state index is 12.8. The Labute approximate surface area is 234 Å². The first-order chi connectivity index (χ1) is 19.2. The molecule has 0 spiro atoms. The number of benzene rings is 1. The summed E-state index contributed by atoms with van der Waals surface area (Å²) in [5.74, 6) is -0.0773. The first-order valence-electron chi connectivity index (χ1n) is 13.4. The summed E-state index contributed by atoms with van der Waals surface area (Å²) in [6, 6.07) is 7.38. The monoisotopic (exact) mass is 541 g/mol. The van der Waals surface area contributed by atoms with Crippen molar-refractivity contribution >= 4 is 57.2 Å². The number of carbonyl (C=O) groups excluding carboxylic acids is 1. The first-order valence-corrected chi connectivity index (χ1v) is 13.4. The highest BCUT2D eigenvalue weighted by molar-refractivity contribution is 6.17. The minimum absolute atomic E-state index is 0.0824. The van der Waals surface area contributed by atoms with E-state index in [2.05, 4.69) is 25.6 Å². The zero-order valence-electron chi connectivity index (χ0n) is 24.2. The van der Waals surface area contributed by atoms with Gasteiger partial charge in [0.25, 0.3) is 5.91 Å². The third-order valence-electron chi connectivity index (χ3n) is 6.63. The number of fused-ring (bicyclic) bond motifs is 1. The van der Waals surface area contributed by atoms with Gasteiger partial charge in [-0.05, 0) is 58.4 Å². The fourth-order valence-corrected chi connectivity index (χ4v) is 4.46. The van der Waals surface area contributed by atoms with Crippen LogP contribution in [0.15, 0.2) is 46.7 Å². The van der Waals surface area contributed by atoms with Gasteiger partial charge in [0.2, 0.25) is 0 Å². The molecule has 1 amide bonds. The second kappa shape index (κ2) is 12.9. The molecule has 2 aromatic heterocycles. The number of primary amides is 1. The van der Waals surface area contributed by atoms with Crippen molar-refractivity contribution in [3.63, 3.8) is 0 Å². The number of hydrogen-bond acceptors (Lipinski definition) is 8. The van der Waals surface area contributed by atoms with Crippen molar-refractivity contribution in [2.45, 2.75) is 61.1 Å². The number of carbonyl (C=O) groups is 1. The van der Waals surface area contributed by atoms with E-state index >= 15 is 0 Å². The number of anilines is 2. The zero-order valence-corrected chi connectivity index (χ0v) is 24.2. The SMILES string of the molecule is CC.CC/C(C)=c1/c(=C(\N=C(C)c2ccc(C)nc2NC2NC=CN=C2C)C(N)=O)[nH]c2ccc(N)c(C=N)c12. The summed E-state index contributed by atoms with van der Waals surface area (Å²) in [6.07, 6.45) is 5.17. The maximum Gasteiger partial charge on any atom is 0.269 e. The van der Waals surface area contributed by atoms with Crippen LogP contribution >= 0.6 is 0 Å². The number of H-pyrrole nitrogens is 1. The molecular formula is C30H39N9O. The number of aromatic nitrogens is 2. The third-order valence-corrected chi connectivity index (χ3v) is 6.63. The van der Waals surface area contributed by atoms with Crippen molar-refractivity contribution in [1.82, 2.24) is 15.3 Å². The van der Waals surface area contributed by atoms with Gasteiger partial charge in [0, 0.05) is 63.0 Å². The van der Waals surface area contributed by atoms with E-state index in [1.54, 1.807) is 18.5 Å². The molecule has 3 aromatic rings. The zero-order chi connectivity index (χ0) is 29.6. The Hall–Kier alpha value is -4.73. The largest absolute Gasteiger partial charge is 0.398 e. The van der Waals surface area contributed by atoms with E-state index < -0.39 is 5.91 Å². The predicted octanol–water partition coefficient (Wildman–Crippen LogP) is 3.43. The van der Waals surface area contributed by atoms with Crippen molar-refractivity contribution in [3.05, 3.63) is 64.1 Å². The van der Waals surface area contributed by atoms with Crippen LogP contribution in [0.4, 0.5) is 11.5 Å². The van der Waals surface area contributed by atoms with Crippen LogP contribution in [0, 0.1) is 12.3 Å². The van der Waals surface area contributed by atoms with Crippen LogP contribution in [0.2, 0.25) is 0 Å². The van der Waals surface area contributed by atoms with Gasteiger partial charge < -0.3 is 32.5 Å². The number of hydrogen-bond donors (Lipinski definition) is 6. The summed E-state index contributed by atoms with van der Waals surface area (Å²) in [6.45, 7) is 13.7. The molecule has 10 nitrogen and oxygen atoms in total. The standard InChI is InChI=1S/C28H33N9O.C2H6/c1-6-14(2)22-23-19(13-29)20(30)9-10-21(23)36-24(22)25(26(31)38)35-16(4)18-8-7-15(3)34-28(18)37-27-17(5)32-11-12-33-27;1-2/h7-13,27,29,33,36H,6,30H2,1-5H3,(H2,31,38)(H,34,37);1-2H3/b22-14+,25-24+,29-13?,35-16?;. The summed E-state index contributed by atoms with van der Waals surface area (Å²) in [7, 11) is 0. The van der Waals surface area contributed by atoms with Crippen molar-refractivity contribution in [2.75, 3.05) is 11.1 Å². The minimum Gasteiger partial charge on any atom is -0.398 e. The number of aromatic amines is 1. The summed E-state index contributed by atoms with van der Waals surface area (Å²) in [4.78, 5) is 30.0. The number of aliphatic imine (C=N–C) groups is 2. The second-order valence-corrected chi connectivity index (χ2v) is 9.23. The minimum atomic E-state index is -0.679. The lowest BCUT2D eigenvalue weighted by atomic mass is 10.0. The summed E-state index contributed by atoms with van der Waals surface area (Å²) >= 11 is 0. The van der Waals surface area contributed by atoms with Gasteiger partial charge in [-0.1, -0.05) is 26.3 Å². The fraction of sp³-hybridized carbons (Fsp3) is 0.300. The number of nitrogens with one attached hydrogen (secondary N) is 4. The van der Waals surface area contributed by atoms with E-state index in [4.69, 9.17) is 21.9 Å². The molecule has 0 radical (unpaired) electrons. The molecule has 1 aliphatic rings.